The van der Waals surface area contributed by atoms with Gasteiger partial charge in [-0.25, -0.2) is 0 Å². The molecule has 0 saturated heterocycles. The zero-order valence-electron chi connectivity index (χ0n) is 8.42. The van der Waals surface area contributed by atoms with Crippen LogP contribution in [0.2, 0.25) is 0 Å². The van der Waals surface area contributed by atoms with E-state index in [1.165, 1.54) is 0 Å². The van der Waals surface area contributed by atoms with Gasteiger partial charge in [0.1, 0.15) is 0 Å². The highest BCUT2D eigenvalue weighted by atomic mass is 16.1. The van der Waals surface area contributed by atoms with Crippen LogP contribution in [0.4, 0.5) is 0 Å². The Bertz CT molecular complexity index is 314. The molecule has 0 aliphatic rings. The predicted molar refractivity (Wildman–Crippen MR) is 58.7 cm³/mol. The smallest absolute Gasteiger partial charge is 0.219 e. The summed E-state index contributed by atoms with van der Waals surface area (Å²) in [6.07, 6.45) is 2.33. The highest BCUT2D eigenvalue weighted by Gasteiger charge is 1.96. The number of carbonyl (C=O) groups is 1. The van der Waals surface area contributed by atoms with Crippen LogP contribution < -0.4 is 5.32 Å². The lowest BCUT2D eigenvalue weighted by atomic mass is 10.1. The molecule has 0 aliphatic carbocycles. The maximum absolute atomic E-state index is 11.0. The Morgan fingerprint density at radius 1 is 1.43 bits per heavy atom. The standard InChI is InChI=1S/C12H15NO/c1-3-10-5-7-11(8-6-10)9-13-12(14)4-2/h3,5-8H,1,4,9H2,2H3,(H,13,14). The van der Waals surface area contributed by atoms with Gasteiger partial charge >= 0.3 is 0 Å². The minimum atomic E-state index is 0.0813. The van der Waals surface area contributed by atoms with Gasteiger partial charge in [0.25, 0.3) is 0 Å². The molecule has 14 heavy (non-hydrogen) atoms. The van der Waals surface area contributed by atoms with Crippen LogP contribution in [0.5, 0.6) is 0 Å². The lowest BCUT2D eigenvalue weighted by Crippen LogP contribution is -2.21. The summed E-state index contributed by atoms with van der Waals surface area (Å²) in [5.74, 6) is 0.0813. The number of hydrogen-bond acceptors (Lipinski definition) is 1. The Labute approximate surface area is 84.6 Å². The van der Waals surface area contributed by atoms with Gasteiger partial charge in [-0.1, -0.05) is 43.8 Å². The molecular formula is C12H15NO. The Morgan fingerprint density at radius 2 is 2.07 bits per heavy atom. The topological polar surface area (TPSA) is 29.1 Å². The van der Waals surface area contributed by atoms with Gasteiger partial charge in [-0.05, 0) is 11.1 Å². The monoisotopic (exact) mass is 189 g/mol. The van der Waals surface area contributed by atoms with Crippen LogP contribution in [0.25, 0.3) is 6.08 Å². The lowest BCUT2D eigenvalue weighted by Gasteiger charge is -2.03. The number of amides is 1. The molecule has 2 heteroatoms. The zero-order valence-corrected chi connectivity index (χ0v) is 8.42. The third kappa shape index (κ3) is 3.05. The summed E-state index contributed by atoms with van der Waals surface area (Å²) < 4.78 is 0. The van der Waals surface area contributed by atoms with Gasteiger partial charge in [0.15, 0.2) is 0 Å². The normalized spacial score (nSPS) is 9.50. The van der Waals surface area contributed by atoms with Gasteiger partial charge in [0, 0.05) is 13.0 Å². The number of benzene rings is 1. The van der Waals surface area contributed by atoms with Crippen molar-refractivity contribution in [1.29, 1.82) is 0 Å². The van der Waals surface area contributed by atoms with E-state index in [1.807, 2.05) is 31.2 Å². The van der Waals surface area contributed by atoms with Crippen LogP contribution in [0.3, 0.4) is 0 Å². The first-order valence-electron chi connectivity index (χ1n) is 4.74. The van der Waals surface area contributed by atoms with Crippen molar-refractivity contribution in [2.45, 2.75) is 19.9 Å². The van der Waals surface area contributed by atoms with Crippen LogP contribution in [-0.2, 0) is 11.3 Å². The number of rotatable bonds is 4. The third-order valence-electron chi connectivity index (χ3n) is 2.03. The lowest BCUT2D eigenvalue weighted by molar-refractivity contribution is -0.120. The first-order valence-corrected chi connectivity index (χ1v) is 4.74. The van der Waals surface area contributed by atoms with Crippen molar-refractivity contribution in [2.75, 3.05) is 0 Å². The van der Waals surface area contributed by atoms with E-state index in [0.29, 0.717) is 13.0 Å². The predicted octanol–water partition coefficient (Wildman–Crippen LogP) is 2.36. The maximum Gasteiger partial charge on any atom is 0.219 e. The van der Waals surface area contributed by atoms with E-state index in [1.54, 1.807) is 6.08 Å². The fraction of sp³-hybridized carbons (Fsp3) is 0.250. The Hall–Kier alpha value is -1.57. The van der Waals surface area contributed by atoms with Gasteiger partial charge in [-0.2, -0.15) is 0 Å². The van der Waals surface area contributed by atoms with Crippen LogP contribution in [0, 0.1) is 0 Å². The zero-order chi connectivity index (χ0) is 10.4. The highest BCUT2D eigenvalue weighted by molar-refractivity contribution is 5.75. The second-order valence-corrected chi connectivity index (χ2v) is 3.08. The molecule has 0 atom stereocenters. The van der Waals surface area contributed by atoms with Gasteiger partial charge < -0.3 is 5.32 Å². The fourth-order valence-corrected chi connectivity index (χ4v) is 1.10. The average molecular weight is 189 g/mol. The summed E-state index contributed by atoms with van der Waals surface area (Å²) in [6, 6.07) is 7.96. The number of carbonyl (C=O) groups excluding carboxylic acids is 1. The molecule has 1 N–H and O–H groups in total. The van der Waals surface area contributed by atoms with Crippen LogP contribution >= 0.6 is 0 Å². The van der Waals surface area contributed by atoms with Crippen molar-refractivity contribution >= 4 is 12.0 Å². The largest absolute Gasteiger partial charge is 0.352 e. The third-order valence-corrected chi connectivity index (χ3v) is 2.03. The van der Waals surface area contributed by atoms with E-state index in [2.05, 4.69) is 11.9 Å². The molecule has 0 fully saturated rings. The molecule has 0 radical (unpaired) electrons. The quantitative estimate of drug-likeness (QED) is 0.774. The van der Waals surface area contributed by atoms with Crippen molar-refractivity contribution < 1.29 is 4.79 Å². The van der Waals surface area contributed by atoms with Crippen LogP contribution in [-0.4, -0.2) is 5.91 Å². The van der Waals surface area contributed by atoms with Crippen molar-refractivity contribution in [2.24, 2.45) is 0 Å². The summed E-state index contributed by atoms with van der Waals surface area (Å²) in [6.45, 7) is 6.12. The molecule has 0 saturated carbocycles. The Morgan fingerprint density at radius 3 is 2.57 bits per heavy atom. The SMILES string of the molecule is C=Cc1ccc(CNC(=O)CC)cc1. The second-order valence-electron chi connectivity index (χ2n) is 3.08. The minimum absolute atomic E-state index is 0.0813. The Balaban J connectivity index is 2.51. The molecule has 1 aromatic rings. The van der Waals surface area contributed by atoms with E-state index in [0.717, 1.165) is 11.1 Å². The maximum atomic E-state index is 11.0. The molecular weight excluding hydrogens is 174 g/mol. The van der Waals surface area contributed by atoms with Gasteiger partial charge in [0.05, 0.1) is 0 Å². The first-order chi connectivity index (χ1) is 6.76. The summed E-state index contributed by atoms with van der Waals surface area (Å²) in [4.78, 5) is 11.0. The molecule has 0 aliphatic heterocycles. The molecule has 0 heterocycles. The molecule has 0 unspecified atom stereocenters. The van der Waals surface area contributed by atoms with Crippen molar-refractivity contribution in [1.82, 2.24) is 5.32 Å². The average Bonchev–Trinajstić information content (AvgIpc) is 2.26. The van der Waals surface area contributed by atoms with Gasteiger partial charge in [-0.3, -0.25) is 4.79 Å². The molecule has 1 amide bonds. The summed E-state index contributed by atoms with van der Waals surface area (Å²) in [7, 11) is 0. The fourth-order valence-electron chi connectivity index (χ4n) is 1.10. The number of hydrogen-bond donors (Lipinski definition) is 1. The summed E-state index contributed by atoms with van der Waals surface area (Å²) in [5.41, 5.74) is 2.20. The summed E-state index contributed by atoms with van der Waals surface area (Å²) >= 11 is 0. The molecule has 0 spiro atoms. The first kappa shape index (κ1) is 10.5. The van der Waals surface area contributed by atoms with E-state index >= 15 is 0 Å². The molecule has 1 rings (SSSR count). The molecule has 0 aromatic heterocycles. The minimum Gasteiger partial charge on any atom is -0.352 e. The van der Waals surface area contributed by atoms with E-state index in [9.17, 15) is 4.79 Å². The molecule has 0 bridgehead atoms. The van der Waals surface area contributed by atoms with Crippen molar-refractivity contribution in [3.05, 3.63) is 42.0 Å². The van der Waals surface area contributed by atoms with Crippen LogP contribution in [0.15, 0.2) is 30.8 Å². The molecule has 74 valence electrons. The van der Waals surface area contributed by atoms with Gasteiger partial charge in [-0.15, -0.1) is 0 Å². The number of nitrogens with one attached hydrogen (secondary N) is 1. The Kier molecular flexibility index (Phi) is 3.92. The summed E-state index contributed by atoms with van der Waals surface area (Å²) in [5, 5.41) is 2.82. The van der Waals surface area contributed by atoms with E-state index in [-0.39, 0.29) is 5.91 Å². The van der Waals surface area contributed by atoms with Crippen LogP contribution in [0.1, 0.15) is 24.5 Å². The van der Waals surface area contributed by atoms with E-state index in [4.69, 9.17) is 0 Å². The second kappa shape index (κ2) is 5.22. The van der Waals surface area contributed by atoms with Crippen molar-refractivity contribution in [3.8, 4) is 0 Å². The van der Waals surface area contributed by atoms with E-state index < -0.39 is 0 Å². The van der Waals surface area contributed by atoms with Gasteiger partial charge in [0.2, 0.25) is 5.91 Å². The molecule has 1 aromatic carbocycles. The van der Waals surface area contributed by atoms with Crippen molar-refractivity contribution in [3.63, 3.8) is 0 Å². The molecule has 2 nitrogen and oxygen atoms in total. The highest BCUT2D eigenvalue weighted by Crippen LogP contribution is 2.04.